The van der Waals surface area contributed by atoms with E-state index in [1.54, 1.807) is 0 Å². The van der Waals surface area contributed by atoms with Crippen molar-refractivity contribution < 1.29 is 22.7 Å². The largest absolute Gasteiger partial charge is 0.416 e. The topological polar surface area (TPSA) is 46.5 Å². The number of anilines is 1. The number of carbonyl (C=O) groups excluding carboxylic acids is 1. The van der Waals surface area contributed by atoms with E-state index in [1.807, 2.05) is 42.0 Å². The predicted octanol–water partition coefficient (Wildman–Crippen LogP) is 4.69. The first kappa shape index (κ1) is 21.8. The second-order valence-electron chi connectivity index (χ2n) is 8.93. The van der Waals surface area contributed by atoms with Crippen LogP contribution < -0.4 is 10.2 Å². The van der Waals surface area contributed by atoms with Gasteiger partial charge in [0, 0.05) is 55.3 Å². The van der Waals surface area contributed by atoms with Crippen molar-refractivity contribution in [3.8, 4) is 5.69 Å². The molecule has 3 heterocycles. The molecule has 2 fully saturated rings. The Bertz CT molecular complexity index is 1180. The number of hydrogen-bond donors (Lipinski definition) is 1. The van der Waals surface area contributed by atoms with Crippen LogP contribution in [0.3, 0.4) is 0 Å². The molecule has 5 nitrogen and oxygen atoms in total. The van der Waals surface area contributed by atoms with Crippen molar-refractivity contribution in [3.63, 3.8) is 0 Å². The summed E-state index contributed by atoms with van der Waals surface area (Å²) in [7, 11) is 0. The third-order valence-electron chi connectivity index (χ3n) is 6.62. The number of nitrogens with one attached hydrogen (secondary N) is 1. The normalized spacial score (nSPS) is 17.9. The van der Waals surface area contributed by atoms with Crippen LogP contribution in [0.2, 0.25) is 0 Å². The lowest BCUT2D eigenvalue weighted by Gasteiger charge is -2.41. The summed E-state index contributed by atoms with van der Waals surface area (Å²) in [4.78, 5) is 14.7. The third-order valence-corrected chi connectivity index (χ3v) is 6.62. The minimum absolute atomic E-state index is 0.0352. The van der Waals surface area contributed by atoms with Gasteiger partial charge in [0.25, 0.3) is 0 Å². The molecule has 174 valence electrons. The van der Waals surface area contributed by atoms with E-state index in [9.17, 15) is 18.0 Å². The highest BCUT2D eigenvalue weighted by Gasteiger charge is 2.34. The number of benzene rings is 2. The number of alkyl halides is 3. The van der Waals surface area contributed by atoms with E-state index >= 15 is 0 Å². The van der Waals surface area contributed by atoms with Crippen molar-refractivity contribution >= 4 is 22.5 Å². The molecule has 0 unspecified atom stereocenters. The zero-order chi connectivity index (χ0) is 23.2. The first-order chi connectivity index (χ1) is 15.8. The van der Waals surface area contributed by atoms with Gasteiger partial charge in [-0.15, -0.1) is 0 Å². The molecule has 2 aliphatic rings. The summed E-state index contributed by atoms with van der Waals surface area (Å²) in [6.07, 6.45) is -0.782. The minimum atomic E-state index is -4.37. The molecule has 1 aromatic heterocycles. The highest BCUT2D eigenvalue weighted by molar-refractivity contribution is 5.86. The van der Waals surface area contributed by atoms with E-state index in [0.717, 1.165) is 41.4 Å². The van der Waals surface area contributed by atoms with Crippen molar-refractivity contribution in [3.05, 3.63) is 59.8 Å². The van der Waals surface area contributed by atoms with Crippen LogP contribution in [-0.4, -0.2) is 42.8 Å². The van der Waals surface area contributed by atoms with Crippen molar-refractivity contribution in [1.29, 1.82) is 0 Å². The molecule has 0 aliphatic carbocycles. The maximum atomic E-state index is 13.1. The summed E-state index contributed by atoms with van der Waals surface area (Å²) in [5, 5.41) is 3.73. The Morgan fingerprint density at radius 2 is 1.79 bits per heavy atom. The number of halogens is 3. The predicted molar refractivity (Wildman–Crippen MR) is 121 cm³/mol. The van der Waals surface area contributed by atoms with Gasteiger partial charge < -0.3 is 19.5 Å². The second-order valence-corrected chi connectivity index (χ2v) is 8.93. The van der Waals surface area contributed by atoms with Crippen LogP contribution in [0.25, 0.3) is 16.6 Å². The molecule has 2 aromatic carbocycles. The Hall–Kier alpha value is -3.00. The number of hydrogen-bond acceptors (Lipinski definition) is 3. The summed E-state index contributed by atoms with van der Waals surface area (Å²) in [5.41, 5.74) is 2.75. The lowest BCUT2D eigenvalue weighted by Crippen LogP contribution is -2.55. The molecule has 0 bridgehead atoms. The van der Waals surface area contributed by atoms with Gasteiger partial charge in [0.2, 0.25) is 5.91 Å². The Balaban J connectivity index is 1.31. The summed E-state index contributed by atoms with van der Waals surface area (Å²) >= 11 is 0. The lowest BCUT2D eigenvalue weighted by molar-refractivity contribution is -0.137. The highest BCUT2D eigenvalue weighted by Crippen LogP contribution is 2.34. The number of aromatic nitrogens is 1. The number of fused-ring (bicyclic) bond motifs is 1. The van der Waals surface area contributed by atoms with Crippen LogP contribution >= 0.6 is 0 Å². The SMILES string of the molecule is Cc1cn(-c2cccc(N3CC(C(=O)NC4CCOCC4)C3)c2)c2ccc(C(F)(F)F)cc12. The van der Waals surface area contributed by atoms with Gasteiger partial charge in [-0.3, -0.25) is 4.79 Å². The first-order valence-corrected chi connectivity index (χ1v) is 11.2. The number of nitrogens with zero attached hydrogens (tertiary/aromatic N) is 2. The molecule has 5 rings (SSSR count). The molecule has 2 saturated heterocycles. The number of rotatable bonds is 4. The highest BCUT2D eigenvalue weighted by atomic mass is 19.4. The third kappa shape index (κ3) is 4.31. The summed E-state index contributed by atoms with van der Waals surface area (Å²) in [6.45, 7) is 4.51. The van der Waals surface area contributed by atoms with Crippen LogP contribution in [0.4, 0.5) is 18.9 Å². The smallest absolute Gasteiger partial charge is 0.381 e. The molecular formula is C25H26F3N3O2. The van der Waals surface area contributed by atoms with E-state index in [-0.39, 0.29) is 17.9 Å². The molecule has 0 radical (unpaired) electrons. The van der Waals surface area contributed by atoms with Crippen LogP contribution in [0.5, 0.6) is 0 Å². The Kier molecular flexibility index (Phi) is 5.56. The average molecular weight is 457 g/mol. The summed E-state index contributed by atoms with van der Waals surface area (Å²) < 4.78 is 46.7. The molecule has 0 atom stereocenters. The van der Waals surface area contributed by atoms with Crippen LogP contribution in [-0.2, 0) is 15.7 Å². The molecule has 8 heteroatoms. The maximum absolute atomic E-state index is 13.1. The van der Waals surface area contributed by atoms with Crippen LogP contribution in [0.15, 0.2) is 48.7 Å². The van der Waals surface area contributed by atoms with Crippen molar-refractivity contribution in [1.82, 2.24) is 9.88 Å². The van der Waals surface area contributed by atoms with Gasteiger partial charge >= 0.3 is 6.18 Å². The Morgan fingerprint density at radius 1 is 1.06 bits per heavy atom. The zero-order valence-corrected chi connectivity index (χ0v) is 18.4. The van der Waals surface area contributed by atoms with Crippen LogP contribution in [0.1, 0.15) is 24.0 Å². The standard InChI is InChI=1S/C25H26F3N3O2/c1-16-13-31(23-6-5-18(11-22(16)23)25(26,27)28)21-4-2-3-20(12-21)30-14-17(15-30)24(32)29-19-7-9-33-10-8-19/h2-6,11-13,17,19H,7-10,14-15H2,1H3,(H,29,32). The van der Waals surface area contributed by atoms with Crippen LogP contribution in [0, 0.1) is 12.8 Å². The number of carbonyl (C=O) groups is 1. The molecule has 33 heavy (non-hydrogen) atoms. The number of amides is 1. The van der Waals surface area contributed by atoms with E-state index in [0.29, 0.717) is 31.7 Å². The van der Waals surface area contributed by atoms with Gasteiger partial charge in [-0.05, 0) is 61.7 Å². The van der Waals surface area contributed by atoms with E-state index in [2.05, 4.69) is 10.2 Å². The van der Waals surface area contributed by atoms with E-state index in [4.69, 9.17) is 4.74 Å². The fraction of sp³-hybridized carbons (Fsp3) is 0.400. The summed E-state index contributed by atoms with van der Waals surface area (Å²) in [6, 6.07) is 12.0. The molecule has 1 amide bonds. The van der Waals surface area contributed by atoms with Gasteiger partial charge in [-0.2, -0.15) is 13.2 Å². The number of ether oxygens (including phenoxy) is 1. The monoisotopic (exact) mass is 457 g/mol. The Morgan fingerprint density at radius 3 is 2.52 bits per heavy atom. The molecule has 1 N–H and O–H groups in total. The minimum Gasteiger partial charge on any atom is -0.381 e. The molecule has 3 aromatic rings. The van der Waals surface area contributed by atoms with Crippen molar-refractivity contribution in [2.75, 3.05) is 31.2 Å². The Labute approximate surface area is 190 Å². The van der Waals surface area contributed by atoms with E-state index < -0.39 is 11.7 Å². The van der Waals surface area contributed by atoms with E-state index in [1.165, 1.54) is 12.1 Å². The number of aryl methyl sites for hydroxylation is 1. The van der Waals surface area contributed by atoms with Gasteiger partial charge in [0.15, 0.2) is 0 Å². The maximum Gasteiger partial charge on any atom is 0.416 e. The first-order valence-electron chi connectivity index (χ1n) is 11.2. The second kappa shape index (κ2) is 8.41. The van der Waals surface area contributed by atoms with Gasteiger partial charge in [0.05, 0.1) is 17.0 Å². The van der Waals surface area contributed by atoms with Crippen molar-refractivity contribution in [2.24, 2.45) is 5.92 Å². The lowest BCUT2D eigenvalue weighted by atomic mass is 9.97. The quantitative estimate of drug-likeness (QED) is 0.619. The summed E-state index contributed by atoms with van der Waals surface area (Å²) in [5.74, 6) is 0.0637. The fourth-order valence-electron chi connectivity index (χ4n) is 4.64. The van der Waals surface area contributed by atoms with Gasteiger partial charge in [-0.25, -0.2) is 0 Å². The van der Waals surface area contributed by atoms with Gasteiger partial charge in [-0.1, -0.05) is 6.07 Å². The zero-order valence-electron chi connectivity index (χ0n) is 18.4. The molecule has 2 aliphatic heterocycles. The average Bonchev–Trinajstić information content (AvgIpc) is 3.09. The van der Waals surface area contributed by atoms with Gasteiger partial charge in [0.1, 0.15) is 0 Å². The molecular weight excluding hydrogens is 431 g/mol. The van der Waals surface area contributed by atoms with Crippen molar-refractivity contribution in [2.45, 2.75) is 32.0 Å². The fourth-order valence-corrected chi connectivity index (χ4v) is 4.64. The molecule has 0 saturated carbocycles. The molecule has 0 spiro atoms.